The molecule has 2 aromatic carbocycles. The third kappa shape index (κ3) is 7.22. The number of H-pyrrole nitrogens is 2. The first kappa shape index (κ1) is 34.7. The van der Waals surface area contributed by atoms with Crippen LogP contribution in [0.1, 0.15) is 94.2 Å². The van der Waals surface area contributed by atoms with E-state index >= 15 is 0 Å². The molecule has 262 valence electrons. The number of nitrogens with zero attached hydrogens (tertiary/aromatic N) is 4. The number of carbonyl (C=O) groups is 4. The lowest BCUT2D eigenvalue weighted by atomic mass is 9.91. The Morgan fingerprint density at radius 3 is 1.72 bits per heavy atom. The fourth-order valence-corrected chi connectivity index (χ4v) is 7.09. The molecule has 2 aliphatic rings. The number of benzene rings is 2. The Hall–Kier alpha value is -5.18. The van der Waals surface area contributed by atoms with Crippen molar-refractivity contribution in [2.45, 2.75) is 71.4 Å². The Morgan fingerprint density at radius 2 is 1.24 bits per heavy atom. The van der Waals surface area contributed by atoms with E-state index in [9.17, 15) is 19.2 Å². The van der Waals surface area contributed by atoms with Gasteiger partial charge in [-0.05, 0) is 68.0 Å². The van der Waals surface area contributed by atoms with Crippen molar-refractivity contribution in [2.24, 2.45) is 17.8 Å². The lowest BCUT2D eigenvalue weighted by molar-refractivity contribution is -0.148. The molecular formula is C38H44N6O6. The highest BCUT2D eigenvalue weighted by Crippen LogP contribution is 2.35. The van der Waals surface area contributed by atoms with E-state index in [1.165, 1.54) is 14.2 Å². The predicted molar refractivity (Wildman–Crippen MR) is 186 cm³/mol. The highest BCUT2D eigenvalue weighted by atomic mass is 16.5. The lowest BCUT2D eigenvalue weighted by Crippen LogP contribution is -2.39. The van der Waals surface area contributed by atoms with Crippen molar-refractivity contribution < 1.29 is 28.7 Å². The van der Waals surface area contributed by atoms with Gasteiger partial charge in [0.05, 0.1) is 67.1 Å². The van der Waals surface area contributed by atoms with Crippen LogP contribution in [0.5, 0.6) is 0 Å². The summed E-state index contributed by atoms with van der Waals surface area (Å²) in [5.41, 5.74) is 4.90. The van der Waals surface area contributed by atoms with Crippen LogP contribution < -0.4 is 0 Å². The van der Waals surface area contributed by atoms with Crippen LogP contribution in [-0.2, 0) is 28.7 Å². The van der Waals surface area contributed by atoms with E-state index < -0.39 is 17.8 Å². The number of hydrogen-bond donors (Lipinski definition) is 2. The van der Waals surface area contributed by atoms with E-state index in [1.54, 1.807) is 6.92 Å². The van der Waals surface area contributed by atoms with Crippen molar-refractivity contribution in [3.63, 3.8) is 0 Å². The summed E-state index contributed by atoms with van der Waals surface area (Å²) in [4.78, 5) is 70.7. The Labute approximate surface area is 291 Å². The normalized spacial score (nSPS) is 18.7. The molecule has 0 saturated carbocycles. The zero-order chi connectivity index (χ0) is 35.5. The molecule has 50 heavy (non-hydrogen) atoms. The van der Waals surface area contributed by atoms with Crippen LogP contribution >= 0.6 is 0 Å². The first-order valence-corrected chi connectivity index (χ1v) is 17.3. The van der Waals surface area contributed by atoms with E-state index in [2.05, 4.69) is 21.8 Å². The van der Waals surface area contributed by atoms with Crippen molar-refractivity contribution in [1.29, 1.82) is 0 Å². The summed E-state index contributed by atoms with van der Waals surface area (Å²) in [6.45, 7) is 6.91. The largest absolute Gasteiger partial charge is 0.469 e. The Morgan fingerprint density at radius 1 is 0.760 bits per heavy atom. The molecule has 2 fully saturated rings. The highest BCUT2D eigenvalue weighted by Gasteiger charge is 2.38. The van der Waals surface area contributed by atoms with Gasteiger partial charge in [0.2, 0.25) is 11.8 Å². The maximum absolute atomic E-state index is 13.6. The topological polar surface area (TPSA) is 151 Å². The minimum atomic E-state index is -0.467. The molecule has 0 spiro atoms. The average molecular weight is 681 g/mol. The SMILES string of the molecule is COC(=O)C[C@@H](C)C(=O)N1CCC[C@H]1c1nc2ccc(C#Cc3ccc4nc([C@@H]5CCCN5C(=O)[C@@H](CC(=O)OC)C(C)C)[nH]c4c3)cc2[nH]1. The number of fused-ring (bicyclic) bond motifs is 2. The molecule has 0 unspecified atom stereocenters. The number of methoxy groups -OCH3 is 2. The third-order valence-corrected chi connectivity index (χ3v) is 9.91. The monoisotopic (exact) mass is 680 g/mol. The zero-order valence-electron chi connectivity index (χ0n) is 29.2. The molecule has 12 heteroatoms. The van der Waals surface area contributed by atoms with Crippen LogP contribution in [0.2, 0.25) is 0 Å². The second kappa shape index (κ2) is 14.7. The number of amides is 2. The molecule has 4 atom stereocenters. The van der Waals surface area contributed by atoms with E-state index in [0.29, 0.717) is 13.1 Å². The summed E-state index contributed by atoms with van der Waals surface area (Å²) in [6.07, 6.45) is 3.43. The van der Waals surface area contributed by atoms with Crippen molar-refractivity contribution in [2.75, 3.05) is 27.3 Å². The number of imidazole rings is 2. The van der Waals surface area contributed by atoms with Crippen LogP contribution in [0.25, 0.3) is 22.1 Å². The summed E-state index contributed by atoms with van der Waals surface area (Å²) >= 11 is 0. The number of aromatic nitrogens is 4. The molecule has 4 heterocycles. The number of likely N-dealkylation sites (tertiary alicyclic amines) is 2. The first-order valence-electron chi connectivity index (χ1n) is 17.3. The first-order chi connectivity index (χ1) is 24.1. The predicted octanol–water partition coefficient (Wildman–Crippen LogP) is 5.20. The van der Waals surface area contributed by atoms with Crippen LogP contribution in [-0.4, -0.2) is 80.8 Å². The van der Waals surface area contributed by atoms with Gasteiger partial charge in [-0.25, -0.2) is 9.97 Å². The molecule has 2 aliphatic heterocycles. The van der Waals surface area contributed by atoms with Gasteiger partial charge in [0.25, 0.3) is 0 Å². The molecule has 2 aromatic heterocycles. The van der Waals surface area contributed by atoms with Crippen molar-refractivity contribution in [3.8, 4) is 11.8 Å². The second-order valence-electron chi connectivity index (χ2n) is 13.6. The number of aromatic amines is 2. The van der Waals surface area contributed by atoms with E-state index in [0.717, 1.165) is 70.5 Å². The molecule has 0 radical (unpaired) electrons. The van der Waals surface area contributed by atoms with Gasteiger partial charge in [0, 0.05) is 30.1 Å². The van der Waals surface area contributed by atoms with Gasteiger partial charge < -0.3 is 29.2 Å². The number of esters is 2. The summed E-state index contributed by atoms with van der Waals surface area (Å²) in [6, 6.07) is 11.3. The molecule has 0 bridgehead atoms. The molecule has 2 amide bonds. The maximum Gasteiger partial charge on any atom is 0.306 e. The van der Waals surface area contributed by atoms with Gasteiger partial charge in [-0.2, -0.15) is 0 Å². The number of ether oxygens (including phenoxy) is 2. The summed E-state index contributed by atoms with van der Waals surface area (Å²) in [7, 11) is 2.67. The number of carbonyl (C=O) groups excluding carboxylic acids is 4. The van der Waals surface area contributed by atoms with E-state index in [1.807, 2.05) is 60.0 Å². The fraction of sp³-hybridized carbons (Fsp3) is 0.474. The molecule has 4 aromatic rings. The quantitative estimate of drug-likeness (QED) is 0.181. The minimum absolute atomic E-state index is 0.00155. The molecule has 0 aliphatic carbocycles. The Bertz CT molecular complexity index is 1990. The Balaban J connectivity index is 1.17. The Kier molecular flexibility index (Phi) is 10.2. The number of rotatable bonds is 9. The fourth-order valence-electron chi connectivity index (χ4n) is 7.09. The summed E-state index contributed by atoms with van der Waals surface area (Å²) in [5, 5.41) is 0. The van der Waals surface area contributed by atoms with Gasteiger partial charge in [-0.15, -0.1) is 0 Å². The van der Waals surface area contributed by atoms with Gasteiger partial charge >= 0.3 is 11.9 Å². The van der Waals surface area contributed by atoms with Crippen LogP contribution in [0, 0.1) is 29.6 Å². The molecular weight excluding hydrogens is 636 g/mol. The van der Waals surface area contributed by atoms with Crippen LogP contribution in [0.3, 0.4) is 0 Å². The average Bonchev–Trinajstić information content (AvgIpc) is 3.93. The number of hydrogen-bond acceptors (Lipinski definition) is 8. The standard InChI is InChI=1S/C38H44N6O6/c1-22(2)26(21-34(46)50-5)38(48)44-17-7-9-32(44)36-40-28-15-13-25(20-30(28)42-36)11-10-24-12-14-27-29(19-24)41-35(39-27)31-8-6-16-43(31)37(47)23(3)18-33(45)49-4/h12-15,19-20,22-23,26,31-32H,6-9,16-18,21H2,1-5H3,(H,39,41)(H,40,42)/t23-,26+,31+,32+/m1/s1. The van der Waals surface area contributed by atoms with Crippen LogP contribution in [0.15, 0.2) is 36.4 Å². The molecule has 6 rings (SSSR count). The van der Waals surface area contributed by atoms with Crippen molar-refractivity contribution in [1.82, 2.24) is 29.7 Å². The zero-order valence-corrected chi connectivity index (χ0v) is 29.2. The van der Waals surface area contributed by atoms with Crippen LogP contribution in [0.4, 0.5) is 0 Å². The van der Waals surface area contributed by atoms with Gasteiger partial charge in [0.1, 0.15) is 11.6 Å². The number of nitrogens with one attached hydrogen (secondary N) is 2. The van der Waals surface area contributed by atoms with Gasteiger partial charge in [0.15, 0.2) is 0 Å². The maximum atomic E-state index is 13.6. The van der Waals surface area contributed by atoms with E-state index in [4.69, 9.17) is 19.4 Å². The molecule has 2 saturated heterocycles. The summed E-state index contributed by atoms with van der Waals surface area (Å²) in [5.74, 6) is 6.17. The molecule has 12 nitrogen and oxygen atoms in total. The minimum Gasteiger partial charge on any atom is -0.469 e. The van der Waals surface area contributed by atoms with E-state index in [-0.39, 0.29) is 48.6 Å². The van der Waals surface area contributed by atoms with Gasteiger partial charge in [-0.1, -0.05) is 32.6 Å². The second-order valence-corrected chi connectivity index (χ2v) is 13.6. The lowest BCUT2D eigenvalue weighted by Gasteiger charge is -2.29. The van der Waals surface area contributed by atoms with Crippen molar-refractivity contribution in [3.05, 3.63) is 59.2 Å². The van der Waals surface area contributed by atoms with Gasteiger partial charge in [-0.3, -0.25) is 19.2 Å². The third-order valence-electron chi connectivity index (χ3n) is 9.91. The van der Waals surface area contributed by atoms with Crippen molar-refractivity contribution >= 4 is 45.8 Å². The smallest absolute Gasteiger partial charge is 0.306 e. The summed E-state index contributed by atoms with van der Waals surface area (Å²) < 4.78 is 9.61. The highest BCUT2D eigenvalue weighted by molar-refractivity contribution is 5.85. The molecule has 2 N–H and O–H groups in total.